The molecule has 0 saturated heterocycles. The molecule has 4 nitrogen and oxygen atoms in total. The van der Waals surface area contributed by atoms with Gasteiger partial charge in [-0.25, -0.2) is 15.0 Å². The maximum atomic E-state index is 4.47. The Kier molecular flexibility index (Phi) is 2.98. The summed E-state index contributed by atoms with van der Waals surface area (Å²) in [5.41, 5.74) is 2.94. The lowest BCUT2D eigenvalue weighted by Gasteiger charge is -2.03. The van der Waals surface area contributed by atoms with Crippen molar-refractivity contribution in [2.24, 2.45) is 0 Å². The second-order valence-electron chi connectivity index (χ2n) is 3.95. The smallest absolute Gasteiger partial charge is 0.181 e. The topological polar surface area (TPSA) is 54.5 Å². The van der Waals surface area contributed by atoms with Crippen LogP contribution >= 0.6 is 11.8 Å². The van der Waals surface area contributed by atoms with Crippen molar-refractivity contribution in [1.29, 1.82) is 0 Å². The van der Waals surface area contributed by atoms with Crippen molar-refractivity contribution in [2.45, 2.75) is 17.7 Å². The van der Waals surface area contributed by atoms with Gasteiger partial charge in [0.1, 0.15) is 16.4 Å². The molecular weight excluding hydrogens is 244 g/mol. The fourth-order valence-electron chi connectivity index (χ4n) is 1.74. The molecule has 18 heavy (non-hydrogen) atoms. The standard InChI is InChI=1S/C13H12N4S/c1-9-16-12-11(14-8-15-12)13(17-9)18-7-10-5-3-2-4-6-10/h2-6,8H,7H2,1H3,(H,14,15,16,17). The van der Waals surface area contributed by atoms with Crippen LogP contribution in [0.15, 0.2) is 41.7 Å². The van der Waals surface area contributed by atoms with Gasteiger partial charge in [-0.15, -0.1) is 0 Å². The van der Waals surface area contributed by atoms with Gasteiger partial charge in [0.15, 0.2) is 5.65 Å². The molecule has 0 aliphatic rings. The van der Waals surface area contributed by atoms with Crippen LogP contribution in [0.4, 0.5) is 0 Å². The van der Waals surface area contributed by atoms with Gasteiger partial charge >= 0.3 is 0 Å². The van der Waals surface area contributed by atoms with Gasteiger partial charge in [0.2, 0.25) is 0 Å². The van der Waals surface area contributed by atoms with Crippen molar-refractivity contribution in [3.8, 4) is 0 Å². The van der Waals surface area contributed by atoms with E-state index in [0.29, 0.717) is 0 Å². The SMILES string of the molecule is Cc1nc(SCc2ccccc2)c2[nH]cnc2n1. The van der Waals surface area contributed by atoms with Crippen LogP contribution in [0.25, 0.3) is 11.2 Å². The van der Waals surface area contributed by atoms with Crippen LogP contribution in [0, 0.1) is 6.92 Å². The summed E-state index contributed by atoms with van der Waals surface area (Å²) in [4.78, 5) is 16.0. The molecule has 0 atom stereocenters. The first kappa shape index (κ1) is 11.2. The summed E-state index contributed by atoms with van der Waals surface area (Å²) in [6, 6.07) is 10.4. The van der Waals surface area contributed by atoms with Crippen molar-refractivity contribution in [2.75, 3.05) is 0 Å². The van der Waals surface area contributed by atoms with E-state index in [2.05, 4.69) is 32.1 Å². The Balaban J connectivity index is 1.88. The normalized spacial score (nSPS) is 10.9. The van der Waals surface area contributed by atoms with Crippen molar-refractivity contribution >= 4 is 22.9 Å². The monoisotopic (exact) mass is 256 g/mol. The van der Waals surface area contributed by atoms with Gasteiger partial charge in [0, 0.05) is 5.75 Å². The number of imidazole rings is 1. The molecular formula is C13H12N4S. The fraction of sp³-hybridized carbons (Fsp3) is 0.154. The van der Waals surface area contributed by atoms with Crippen LogP contribution in [-0.2, 0) is 5.75 Å². The quantitative estimate of drug-likeness (QED) is 0.578. The first-order chi connectivity index (χ1) is 8.83. The molecule has 0 amide bonds. The lowest BCUT2D eigenvalue weighted by molar-refractivity contribution is 0.999. The molecule has 90 valence electrons. The van der Waals surface area contributed by atoms with Crippen LogP contribution in [0.2, 0.25) is 0 Å². The third-order valence-electron chi connectivity index (χ3n) is 2.58. The Morgan fingerprint density at radius 2 is 2.00 bits per heavy atom. The zero-order valence-electron chi connectivity index (χ0n) is 9.92. The molecule has 0 fully saturated rings. The zero-order chi connectivity index (χ0) is 12.4. The minimum Gasteiger partial charge on any atom is -0.341 e. The van der Waals surface area contributed by atoms with Crippen molar-refractivity contribution in [3.63, 3.8) is 0 Å². The number of H-pyrrole nitrogens is 1. The second-order valence-corrected chi connectivity index (χ2v) is 4.92. The number of rotatable bonds is 3. The summed E-state index contributed by atoms with van der Waals surface area (Å²) >= 11 is 1.70. The molecule has 0 bridgehead atoms. The van der Waals surface area contributed by atoms with Crippen molar-refractivity contribution in [3.05, 3.63) is 48.0 Å². The Labute approximate surface area is 109 Å². The van der Waals surface area contributed by atoms with Crippen molar-refractivity contribution in [1.82, 2.24) is 19.9 Å². The van der Waals surface area contributed by atoms with E-state index in [9.17, 15) is 0 Å². The van der Waals surface area contributed by atoms with Gasteiger partial charge in [-0.05, 0) is 12.5 Å². The lowest BCUT2D eigenvalue weighted by Crippen LogP contribution is -1.92. The van der Waals surface area contributed by atoms with Crippen LogP contribution in [0.3, 0.4) is 0 Å². The van der Waals surface area contributed by atoms with Gasteiger partial charge < -0.3 is 4.98 Å². The molecule has 1 aromatic carbocycles. The van der Waals surface area contributed by atoms with E-state index in [1.807, 2.05) is 25.1 Å². The maximum absolute atomic E-state index is 4.47. The molecule has 2 aromatic heterocycles. The first-order valence-electron chi connectivity index (χ1n) is 5.67. The average Bonchev–Trinajstić information content (AvgIpc) is 2.85. The van der Waals surface area contributed by atoms with Crippen molar-refractivity contribution < 1.29 is 0 Å². The van der Waals surface area contributed by atoms with Gasteiger partial charge in [-0.3, -0.25) is 0 Å². The van der Waals surface area contributed by atoms with Crippen LogP contribution in [0.1, 0.15) is 11.4 Å². The van der Waals surface area contributed by atoms with Crippen LogP contribution in [-0.4, -0.2) is 19.9 Å². The van der Waals surface area contributed by atoms with E-state index < -0.39 is 0 Å². The molecule has 2 heterocycles. The summed E-state index contributed by atoms with van der Waals surface area (Å²) in [5.74, 6) is 1.65. The Hall–Kier alpha value is -1.88. The summed E-state index contributed by atoms with van der Waals surface area (Å²) in [7, 11) is 0. The average molecular weight is 256 g/mol. The largest absolute Gasteiger partial charge is 0.341 e. The Bertz CT molecular complexity index is 663. The highest BCUT2D eigenvalue weighted by atomic mass is 32.2. The van der Waals surface area contributed by atoms with E-state index in [1.165, 1.54) is 5.56 Å². The highest BCUT2D eigenvalue weighted by molar-refractivity contribution is 7.98. The summed E-state index contributed by atoms with van der Waals surface area (Å²) in [6.07, 6.45) is 1.66. The number of fused-ring (bicyclic) bond motifs is 1. The number of thioether (sulfide) groups is 1. The number of nitrogens with one attached hydrogen (secondary N) is 1. The van der Waals surface area contributed by atoms with E-state index in [1.54, 1.807) is 18.1 Å². The highest BCUT2D eigenvalue weighted by Crippen LogP contribution is 2.25. The molecule has 5 heteroatoms. The molecule has 0 unspecified atom stereocenters. The summed E-state index contributed by atoms with van der Waals surface area (Å²) in [5, 5.41) is 0.957. The predicted molar refractivity (Wildman–Crippen MR) is 72.4 cm³/mol. The van der Waals surface area contributed by atoms with Crippen LogP contribution < -0.4 is 0 Å². The number of aromatic nitrogens is 4. The number of hydrogen-bond donors (Lipinski definition) is 1. The second kappa shape index (κ2) is 4.78. The number of hydrogen-bond acceptors (Lipinski definition) is 4. The molecule has 0 spiro atoms. The van der Waals surface area contributed by atoms with Gasteiger partial charge in [-0.2, -0.15) is 0 Å². The number of aromatic amines is 1. The third-order valence-corrected chi connectivity index (χ3v) is 3.63. The Morgan fingerprint density at radius 1 is 1.17 bits per heavy atom. The number of benzene rings is 1. The molecule has 0 aliphatic carbocycles. The molecule has 0 aliphatic heterocycles. The van der Waals surface area contributed by atoms with E-state index >= 15 is 0 Å². The highest BCUT2D eigenvalue weighted by Gasteiger charge is 2.08. The van der Waals surface area contributed by atoms with Gasteiger partial charge in [0.05, 0.1) is 6.33 Å². The molecule has 3 aromatic rings. The summed E-state index contributed by atoms with van der Waals surface area (Å²) in [6.45, 7) is 1.89. The minimum atomic E-state index is 0.734. The van der Waals surface area contributed by atoms with Crippen LogP contribution in [0.5, 0.6) is 0 Å². The van der Waals surface area contributed by atoms with E-state index in [0.717, 1.165) is 27.8 Å². The predicted octanol–water partition coefficient (Wildman–Crippen LogP) is 2.95. The molecule has 0 radical (unpaired) electrons. The van der Waals surface area contributed by atoms with E-state index in [-0.39, 0.29) is 0 Å². The number of aryl methyl sites for hydroxylation is 1. The minimum absolute atomic E-state index is 0.734. The van der Waals surface area contributed by atoms with E-state index in [4.69, 9.17) is 0 Å². The summed E-state index contributed by atoms with van der Waals surface area (Å²) < 4.78 is 0. The lowest BCUT2D eigenvalue weighted by atomic mass is 10.2. The maximum Gasteiger partial charge on any atom is 0.181 e. The zero-order valence-corrected chi connectivity index (χ0v) is 10.7. The van der Waals surface area contributed by atoms with Gasteiger partial charge in [-0.1, -0.05) is 42.1 Å². The third kappa shape index (κ3) is 2.22. The molecule has 0 saturated carbocycles. The number of nitrogens with zero attached hydrogens (tertiary/aromatic N) is 3. The molecule has 1 N–H and O–H groups in total. The van der Waals surface area contributed by atoms with Gasteiger partial charge in [0.25, 0.3) is 0 Å². The fourth-order valence-corrected chi connectivity index (χ4v) is 2.73. The molecule has 3 rings (SSSR count). The Morgan fingerprint density at radius 3 is 2.83 bits per heavy atom. The first-order valence-corrected chi connectivity index (χ1v) is 6.66.